The molecule has 6 heteroatoms. The Hall–Kier alpha value is -2.44. The molecule has 5 nitrogen and oxygen atoms in total. The van der Waals surface area contributed by atoms with E-state index in [2.05, 4.69) is 35.1 Å². The zero-order valence-electron chi connectivity index (χ0n) is 16.5. The number of rotatable bonds is 6. The van der Waals surface area contributed by atoms with Crippen LogP contribution < -0.4 is 5.32 Å². The average molecular weight is 396 g/mol. The van der Waals surface area contributed by atoms with Crippen molar-refractivity contribution in [2.45, 2.75) is 40.3 Å². The molecule has 0 spiro atoms. The Bertz CT molecular complexity index is 989. The van der Waals surface area contributed by atoms with Crippen LogP contribution in [0, 0.1) is 12.8 Å². The van der Waals surface area contributed by atoms with Crippen LogP contribution >= 0.6 is 11.3 Å². The molecule has 2 aromatic heterocycles. The van der Waals surface area contributed by atoms with Crippen LogP contribution in [0.2, 0.25) is 0 Å². The van der Waals surface area contributed by atoms with Crippen molar-refractivity contribution in [1.29, 1.82) is 0 Å². The molecular weight excluding hydrogens is 370 g/mol. The van der Waals surface area contributed by atoms with Gasteiger partial charge in [0.1, 0.15) is 5.76 Å². The number of hydrogen-bond donors (Lipinski definition) is 1. The molecule has 3 aromatic rings. The molecule has 4 rings (SSSR count). The standard InChI is InChI=1S/C22H25N3O2S/c1-14(2)10-25-11-16-5-4-6-19(18(16)12-25)24-21(26)9-17-13-28-22(23-17)20-8-7-15(3)27-20/h4-8,13-14H,9-12H2,1-3H3,(H,24,26). The molecule has 1 aliphatic rings. The molecule has 1 amide bonds. The molecule has 0 saturated heterocycles. The molecule has 146 valence electrons. The Labute approximate surface area is 169 Å². The predicted octanol–water partition coefficient (Wildman–Crippen LogP) is 4.86. The van der Waals surface area contributed by atoms with Crippen LogP contribution in [0.4, 0.5) is 5.69 Å². The summed E-state index contributed by atoms with van der Waals surface area (Å²) in [5, 5.41) is 5.82. The van der Waals surface area contributed by atoms with Crippen LogP contribution in [0.15, 0.2) is 40.1 Å². The lowest BCUT2D eigenvalue weighted by Gasteiger charge is -2.17. The van der Waals surface area contributed by atoms with E-state index in [4.69, 9.17) is 4.42 Å². The number of carbonyl (C=O) groups is 1. The molecule has 0 fully saturated rings. The van der Waals surface area contributed by atoms with Gasteiger partial charge in [-0.1, -0.05) is 26.0 Å². The van der Waals surface area contributed by atoms with Gasteiger partial charge in [0.05, 0.1) is 12.1 Å². The van der Waals surface area contributed by atoms with E-state index >= 15 is 0 Å². The van der Waals surface area contributed by atoms with E-state index in [1.807, 2.05) is 36.6 Å². The van der Waals surface area contributed by atoms with Crippen LogP contribution in [-0.2, 0) is 24.3 Å². The molecule has 0 bridgehead atoms. The minimum atomic E-state index is -0.0387. The van der Waals surface area contributed by atoms with E-state index in [1.54, 1.807) is 0 Å². The largest absolute Gasteiger partial charge is 0.459 e. The molecular formula is C22H25N3O2S. The third-order valence-corrected chi connectivity index (χ3v) is 5.70. The summed E-state index contributed by atoms with van der Waals surface area (Å²) in [6, 6.07) is 10.0. The highest BCUT2D eigenvalue weighted by molar-refractivity contribution is 7.13. The molecule has 3 heterocycles. The maximum absolute atomic E-state index is 12.6. The minimum absolute atomic E-state index is 0.0387. The van der Waals surface area contributed by atoms with Crippen LogP contribution in [0.5, 0.6) is 0 Å². The second-order valence-corrected chi connectivity index (χ2v) is 8.64. The SMILES string of the molecule is Cc1ccc(-c2nc(CC(=O)Nc3cccc4c3CN(CC(C)C)C4)cs2)o1. The van der Waals surface area contributed by atoms with Crippen LogP contribution in [0.1, 0.15) is 36.4 Å². The Balaban J connectivity index is 1.42. The van der Waals surface area contributed by atoms with Gasteiger partial charge in [-0.05, 0) is 42.2 Å². The third-order valence-electron chi connectivity index (χ3n) is 4.79. The van der Waals surface area contributed by atoms with E-state index < -0.39 is 0 Å². The third kappa shape index (κ3) is 4.18. The normalized spacial score (nSPS) is 13.9. The smallest absolute Gasteiger partial charge is 0.230 e. The number of hydrogen-bond acceptors (Lipinski definition) is 5. The van der Waals surface area contributed by atoms with E-state index in [0.717, 1.165) is 47.5 Å². The zero-order valence-corrected chi connectivity index (χ0v) is 17.3. The predicted molar refractivity (Wildman–Crippen MR) is 112 cm³/mol. The highest BCUT2D eigenvalue weighted by atomic mass is 32.1. The van der Waals surface area contributed by atoms with Gasteiger partial charge in [0.15, 0.2) is 10.8 Å². The highest BCUT2D eigenvalue weighted by Crippen LogP contribution is 2.30. The fraction of sp³-hybridized carbons (Fsp3) is 0.364. The first kappa shape index (κ1) is 18.9. The number of nitrogens with one attached hydrogen (secondary N) is 1. The van der Waals surface area contributed by atoms with Gasteiger partial charge in [-0.25, -0.2) is 4.98 Å². The van der Waals surface area contributed by atoms with Crippen molar-refractivity contribution in [2.24, 2.45) is 5.92 Å². The minimum Gasteiger partial charge on any atom is -0.459 e. The number of fused-ring (bicyclic) bond motifs is 1. The fourth-order valence-corrected chi connectivity index (χ4v) is 4.44. The number of nitrogens with zero attached hydrogens (tertiary/aromatic N) is 2. The molecule has 1 aromatic carbocycles. The summed E-state index contributed by atoms with van der Waals surface area (Å²) in [6.07, 6.45) is 0.259. The molecule has 28 heavy (non-hydrogen) atoms. The summed E-state index contributed by atoms with van der Waals surface area (Å²) >= 11 is 1.50. The van der Waals surface area contributed by atoms with Gasteiger partial charge in [0.25, 0.3) is 0 Å². The van der Waals surface area contributed by atoms with Crippen molar-refractivity contribution in [3.05, 3.63) is 58.3 Å². The topological polar surface area (TPSA) is 58.4 Å². The van der Waals surface area contributed by atoms with E-state index in [9.17, 15) is 4.79 Å². The zero-order chi connectivity index (χ0) is 19.7. The maximum atomic E-state index is 12.6. The summed E-state index contributed by atoms with van der Waals surface area (Å²) in [5.74, 6) is 2.20. The second-order valence-electron chi connectivity index (χ2n) is 7.79. The van der Waals surface area contributed by atoms with Crippen molar-refractivity contribution >= 4 is 22.9 Å². The molecule has 0 aliphatic carbocycles. The number of thiazole rings is 1. The Kier molecular flexibility index (Phi) is 5.33. The van der Waals surface area contributed by atoms with Crippen molar-refractivity contribution in [3.63, 3.8) is 0 Å². The molecule has 1 aliphatic heterocycles. The molecule has 0 unspecified atom stereocenters. The van der Waals surface area contributed by atoms with E-state index in [-0.39, 0.29) is 12.3 Å². The van der Waals surface area contributed by atoms with E-state index in [0.29, 0.717) is 5.92 Å². The van der Waals surface area contributed by atoms with Gasteiger partial charge in [-0.2, -0.15) is 0 Å². The van der Waals surface area contributed by atoms with Gasteiger partial charge in [-0.15, -0.1) is 11.3 Å². The number of furan rings is 1. The fourth-order valence-electron chi connectivity index (χ4n) is 3.66. The Morgan fingerprint density at radius 1 is 1.29 bits per heavy atom. The highest BCUT2D eigenvalue weighted by Gasteiger charge is 2.23. The van der Waals surface area contributed by atoms with Gasteiger partial charge in [0, 0.05) is 30.7 Å². The molecule has 0 atom stereocenters. The lowest BCUT2D eigenvalue weighted by atomic mass is 10.1. The summed E-state index contributed by atoms with van der Waals surface area (Å²) in [5.41, 5.74) is 4.23. The number of benzene rings is 1. The van der Waals surface area contributed by atoms with Crippen molar-refractivity contribution in [1.82, 2.24) is 9.88 Å². The van der Waals surface area contributed by atoms with Gasteiger partial charge >= 0.3 is 0 Å². The first-order valence-electron chi connectivity index (χ1n) is 9.62. The summed E-state index contributed by atoms with van der Waals surface area (Å²) in [4.78, 5) is 19.6. The van der Waals surface area contributed by atoms with Crippen LogP contribution in [0.3, 0.4) is 0 Å². The monoisotopic (exact) mass is 395 g/mol. The summed E-state index contributed by atoms with van der Waals surface area (Å²) in [7, 11) is 0. The van der Waals surface area contributed by atoms with E-state index in [1.165, 1.54) is 22.5 Å². The quantitative estimate of drug-likeness (QED) is 0.647. The lowest BCUT2D eigenvalue weighted by molar-refractivity contribution is -0.115. The van der Waals surface area contributed by atoms with Crippen LogP contribution in [-0.4, -0.2) is 22.3 Å². The van der Waals surface area contributed by atoms with Crippen molar-refractivity contribution in [2.75, 3.05) is 11.9 Å². The number of carbonyl (C=O) groups excluding carboxylic acids is 1. The Morgan fingerprint density at radius 3 is 2.89 bits per heavy atom. The number of aromatic nitrogens is 1. The maximum Gasteiger partial charge on any atom is 0.230 e. The molecule has 0 saturated carbocycles. The van der Waals surface area contributed by atoms with Gasteiger partial charge in [-0.3, -0.25) is 9.69 Å². The van der Waals surface area contributed by atoms with Crippen molar-refractivity contribution in [3.8, 4) is 10.8 Å². The van der Waals surface area contributed by atoms with Gasteiger partial charge in [0.2, 0.25) is 5.91 Å². The van der Waals surface area contributed by atoms with Crippen molar-refractivity contribution < 1.29 is 9.21 Å². The summed E-state index contributed by atoms with van der Waals surface area (Å²) in [6.45, 7) is 9.29. The first-order valence-corrected chi connectivity index (χ1v) is 10.5. The first-order chi connectivity index (χ1) is 13.5. The van der Waals surface area contributed by atoms with Crippen LogP contribution in [0.25, 0.3) is 10.8 Å². The number of amides is 1. The van der Waals surface area contributed by atoms with Gasteiger partial charge < -0.3 is 9.73 Å². The number of aryl methyl sites for hydroxylation is 1. The molecule has 0 radical (unpaired) electrons. The lowest BCUT2D eigenvalue weighted by Crippen LogP contribution is -2.22. The Morgan fingerprint density at radius 2 is 2.14 bits per heavy atom. The summed E-state index contributed by atoms with van der Waals surface area (Å²) < 4.78 is 5.61. The molecule has 1 N–H and O–H groups in total. The second kappa shape index (κ2) is 7.89. The average Bonchev–Trinajstić information content (AvgIpc) is 3.34. The number of anilines is 1.